The van der Waals surface area contributed by atoms with Crippen LogP contribution in [0.15, 0.2) is 30.5 Å². The number of rotatable bonds is 5. The summed E-state index contributed by atoms with van der Waals surface area (Å²) in [5, 5.41) is 13.0. The number of fused-ring (bicyclic) bond motifs is 1. The number of carbonyl (C=O) groups excluding carboxylic acids is 1. The predicted molar refractivity (Wildman–Crippen MR) is 86.9 cm³/mol. The molecule has 8 heteroatoms. The van der Waals surface area contributed by atoms with E-state index in [1.54, 1.807) is 27.5 Å². The highest BCUT2D eigenvalue weighted by atomic mass is 35.5. The Kier molecular flexibility index (Phi) is 4.29. The van der Waals surface area contributed by atoms with Crippen LogP contribution in [0.3, 0.4) is 0 Å². The molecule has 0 bridgehead atoms. The molecule has 120 valence electrons. The lowest BCUT2D eigenvalue weighted by Crippen LogP contribution is -2.30. The molecule has 0 aliphatic rings. The van der Waals surface area contributed by atoms with Crippen LogP contribution in [-0.2, 0) is 24.4 Å². The second kappa shape index (κ2) is 6.37. The van der Waals surface area contributed by atoms with Gasteiger partial charge in [0.25, 0.3) is 0 Å². The average Bonchev–Trinajstić information content (AvgIpc) is 3.11. The molecular weight excluding hydrogens is 316 g/mol. The Morgan fingerprint density at radius 2 is 2.13 bits per heavy atom. The summed E-state index contributed by atoms with van der Waals surface area (Å²) in [4.78, 5) is 14.0. The van der Waals surface area contributed by atoms with Crippen molar-refractivity contribution in [2.75, 3.05) is 7.05 Å². The largest absolute Gasteiger partial charge is 0.338 e. The van der Waals surface area contributed by atoms with Gasteiger partial charge in [0, 0.05) is 19.8 Å². The Hall–Kier alpha value is -2.41. The molecule has 0 radical (unpaired) electrons. The summed E-state index contributed by atoms with van der Waals surface area (Å²) < 4.78 is 3.35. The molecule has 0 unspecified atom stereocenters. The van der Waals surface area contributed by atoms with E-state index in [9.17, 15) is 4.79 Å². The lowest BCUT2D eigenvalue weighted by atomic mass is 10.3. The Morgan fingerprint density at radius 3 is 2.87 bits per heavy atom. The highest BCUT2D eigenvalue weighted by Crippen LogP contribution is 2.16. The van der Waals surface area contributed by atoms with Gasteiger partial charge in [-0.15, -0.1) is 5.10 Å². The van der Waals surface area contributed by atoms with E-state index in [2.05, 4.69) is 15.4 Å². The number of nitrogens with zero attached hydrogens (tertiary/aromatic N) is 6. The Balaban J connectivity index is 1.71. The number of aromatic nitrogens is 5. The minimum absolute atomic E-state index is 0.0808. The summed E-state index contributed by atoms with van der Waals surface area (Å²) in [7, 11) is 1.72. The van der Waals surface area contributed by atoms with E-state index in [1.807, 2.05) is 31.2 Å². The number of halogens is 1. The van der Waals surface area contributed by atoms with Crippen LogP contribution in [0.1, 0.15) is 12.6 Å². The van der Waals surface area contributed by atoms with Gasteiger partial charge in [-0.3, -0.25) is 9.48 Å². The fraction of sp³-hybridized carbons (Fsp3) is 0.333. The molecule has 0 aliphatic heterocycles. The third-order valence-corrected chi connectivity index (χ3v) is 3.94. The molecule has 0 spiro atoms. The molecule has 23 heavy (non-hydrogen) atoms. The first-order chi connectivity index (χ1) is 11.1. The Morgan fingerprint density at radius 1 is 1.35 bits per heavy atom. The van der Waals surface area contributed by atoms with Crippen LogP contribution in [-0.4, -0.2) is 42.6 Å². The molecule has 7 nitrogen and oxygen atoms in total. The maximum atomic E-state index is 12.4. The van der Waals surface area contributed by atoms with Crippen LogP contribution in [0.25, 0.3) is 11.0 Å². The Labute approximate surface area is 138 Å². The van der Waals surface area contributed by atoms with E-state index in [0.29, 0.717) is 17.3 Å². The second-order valence-electron chi connectivity index (χ2n) is 5.27. The number of para-hydroxylation sites is 1. The van der Waals surface area contributed by atoms with Gasteiger partial charge in [-0.1, -0.05) is 28.9 Å². The van der Waals surface area contributed by atoms with Crippen LogP contribution in [0, 0.1) is 0 Å². The van der Waals surface area contributed by atoms with Crippen LogP contribution in [0.4, 0.5) is 0 Å². The summed E-state index contributed by atoms with van der Waals surface area (Å²) in [6, 6.07) is 7.54. The molecule has 3 rings (SSSR count). The molecule has 0 atom stereocenters. The van der Waals surface area contributed by atoms with Crippen molar-refractivity contribution in [1.29, 1.82) is 0 Å². The molecular formula is C15H17ClN6O. The highest BCUT2D eigenvalue weighted by molar-refractivity contribution is 6.31. The van der Waals surface area contributed by atoms with Crippen molar-refractivity contribution in [2.45, 2.75) is 26.6 Å². The molecule has 1 aromatic carbocycles. The summed E-state index contributed by atoms with van der Waals surface area (Å²) in [6.07, 6.45) is 1.76. The van der Waals surface area contributed by atoms with E-state index in [4.69, 9.17) is 11.6 Å². The van der Waals surface area contributed by atoms with E-state index >= 15 is 0 Å². The summed E-state index contributed by atoms with van der Waals surface area (Å²) in [6.45, 7) is 3.21. The number of hydrogen-bond acceptors (Lipinski definition) is 4. The topological polar surface area (TPSA) is 68.8 Å². The van der Waals surface area contributed by atoms with Crippen molar-refractivity contribution >= 4 is 28.5 Å². The molecule has 0 fully saturated rings. The first-order valence-corrected chi connectivity index (χ1v) is 7.70. The number of aryl methyl sites for hydroxylation is 1. The highest BCUT2D eigenvalue weighted by Gasteiger charge is 2.16. The maximum Gasteiger partial charge on any atom is 0.244 e. The zero-order valence-electron chi connectivity index (χ0n) is 13.0. The minimum Gasteiger partial charge on any atom is -0.338 e. The van der Waals surface area contributed by atoms with Crippen LogP contribution < -0.4 is 0 Å². The number of carbonyl (C=O) groups is 1. The smallest absolute Gasteiger partial charge is 0.244 e. The van der Waals surface area contributed by atoms with Crippen molar-refractivity contribution in [3.63, 3.8) is 0 Å². The first kappa shape index (κ1) is 15.5. The molecule has 1 amide bonds. The molecule has 0 N–H and O–H groups in total. The van der Waals surface area contributed by atoms with Gasteiger partial charge in [-0.05, 0) is 19.1 Å². The summed E-state index contributed by atoms with van der Waals surface area (Å²) in [5.74, 6) is -0.0808. The SMILES string of the molecule is CCn1cc(Cl)c(CN(C)C(=O)Cn2nnc3ccccc32)n1. The number of amides is 1. The van der Waals surface area contributed by atoms with E-state index in [0.717, 1.165) is 17.6 Å². The summed E-state index contributed by atoms with van der Waals surface area (Å²) >= 11 is 6.14. The molecule has 2 aromatic heterocycles. The molecule has 0 saturated heterocycles. The van der Waals surface area contributed by atoms with Gasteiger partial charge < -0.3 is 4.90 Å². The van der Waals surface area contributed by atoms with Gasteiger partial charge in [0.2, 0.25) is 5.91 Å². The van der Waals surface area contributed by atoms with Crippen molar-refractivity contribution in [3.8, 4) is 0 Å². The van der Waals surface area contributed by atoms with Crippen LogP contribution in [0.2, 0.25) is 5.02 Å². The Bertz CT molecular complexity index is 839. The van der Waals surface area contributed by atoms with Crippen molar-refractivity contribution in [1.82, 2.24) is 29.7 Å². The maximum absolute atomic E-state index is 12.4. The van der Waals surface area contributed by atoms with Gasteiger partial charge >= 0.3 is 0 Å². The average molecular weight is 333 g/mol. The normalized spacial score (nSPS) is 11.1. The standard InChI is InChI=1S/C15H17ClN6O/c1-3-21-8-11(16)13(18-21)9-20(2)15(23)10-22-14-7-5-4-6-12(14)17-19-22/h4-8H,3,9-10H2,1-2H3. The monoisotopic (exact) mass is 332 g/mol. The van der Waals surface area contributed by atoms with Gasteiger partial charge in [0.1, 0.15) is 17.8 Å². The van der Waals surface area contributed by atoms with Gasteiger partial charge in [-0.2, -0.15) is 5.10 Å². The van der Waals surface area contributed by atoms with E-state index in [-0.39, 0.29) is 12.5 Å². The fourth-order valence-corrected chi connectivity index (χ4v) is 2.51. The second-order valence-corrected chi connectivity index (χ2v) is 5.67. The van der Waals surface area contributed by atoms with Crippen LogP contribution >= 0.6 is 11.6 Å². The van der Waals surface area contributed by atoms with E-state index in [1.165, 1.54) is 0 Å². The third kappa shape index (κ3) is 3.19. The predicted octanol–water partition coefficient (Wildman–Crippen LogP) is 1.96. The summed E-state index contributed by atoms with van der Waals surface area (Å²) in [5.41, 5.74) is 2.29. The van der Waals surface area contributed by atoms with Crippen LogP contribution in [0.5, 0.6) is 0 Å². The molecule has 0 saturated carbocycles. The van der Waals surface area contributed by atoms with Gasteiger partial charge in [0.15, 0.2) is 0 Å². The zero-order valence-corrected chi connectivity index (χ0v) is 13.7. The lowest BCUT2D eigenvalue weighted by molar-refractivity contribution is -0.131. The first-order valence-electron chi connectivity index (χ1n) is 7.32. The van der Waals surface area contributed by atoms with Gasteiger partial charge in [0.05, 0.1) is 17.1 Å². The van der Waals surface area contributed by atoms with Crippen molar-refractivity contribution in [2.24, 2.45) is 0 Å². The van der Waals surface area contributed by atoms with Crippen molar-refractivity contribution < 1.29 is 4.79 Å². The molecule has 0 aliphatic carbocycles. The lowest BCUT2D eigenvalue weighted by Gasteiger charge is -2.16. The minimum atomic E-state index is -0.0808. The molecule has 3 aromatic rings. The fourth-order valence-electron chi connectivity index (χ4n) is 2.30. The van der Waals surface area contributed by atoms with E-state index < -0.39 is 0 Å². The third-order valence-electron chi connectivity index (χ3n) is 3.63. The zero-order chi connectivity index (χ0) is 16.4. The molecule has 2 heterocycles. The quantitative estimate of drug-likeness (QED) is 0.716. The number of hydrogen-bond donors (Lipinski definition) is 0. The number of likely N-dealkylation sites (N-methyl/N-ethyl adjacent to an activating group) is 1. The number of benzene rings is 1. The van der Waals surface area contributed by atoms with Crippen molar-refractivity contribution in [3.05, 3.63) is 41.2 Å². The van der Waals surface area contributed by atoms with Gasteiger partial charge in [-0.25, -0.2) is 4.68 Å².